The molecule has 2 amide bonds. The lowest BCUT2D eigenvalue weighted by molar-refractivity contribution is -0.136. The van der Waals surface area contributed by atoms with Crippen molar-refractivity contribution >= 4 is 50.4 Å². The van der Waals surface area contributed by atoms with Crippen molar-refractivity contribution in [3.8, 4) is 0 Å². The molecule has 3 rings (SSSR count). The Bertz CT molecular complexity index is 1000. The highest BCUT2D eigenvalue weighted by Crippen LogP contribution is 2.31. The summed E-state index contributed by atoms with van der Waals surface area (Å²) >= 11 is -1.59. The Kier molecular flexibility index (Phi) is 8.10. The second-order valence-electron chi connectivity index (χ2n) is 7.27. The number of rotatable bonds is 9. The molecule has 13 heteroatoms. The van der Waals surface area contributed by atoms with E-state index in [1.54, 1.807) is 0 Å². The van der Waals surface area contributed by atoms with Crippen molar-refractivity contribution in [1.29, 1.82) is 0 Å². The maximum absolute atomic E-state index is 13.8. The first-order valence-electron chi connectivity index (χ1n) is 9.84. The van der Waals surface area contributed by atoms with Gasteiger partial charge in [0.1, 0.15) is 5.00 Å². The number of nitrogens with one attached hydrogen (secondary N) is 1. The molecule has 1 heterocycles. The number of halogens is 2. The van der Waals surface area contributed by atoms with Crippen LogP contribution in [-0.2, 0) is 16.1 Å². The summed E-state index contributed by atoms with van der Waals surface area (Å²) < 4.78 is 49.1. The molecule has 1 aliphatic rings. The van der Waals surface area contributed by atoms with Crippen LogP contribution >= 0.6 is 11.3 Å². The van der Waals surface area contributed by atoms with E-state index in [1.165, 1.54) is 17.2 Å². The predicted molar refractivity (Wildman–Crippen MR) is 117 cm³/mol. The Morgan fingerprint density at radius 1 is 1.25 bits per heavy atom. The number of amides is 2. The summed E-state index contributed by atoms with van der Waals surface area (Å²) in [6, 6.07) is 2.63. The van der Waals surface area contributed by atoms with E-state index >= 15 is 0 Å². The van der Waals surface area contributed by atoms with Crippen molar-refractivity contribution in [1.82, 2.24) is 4.98 Å². The molecular weight excluding hydrogens is 466 g/mol. The number of nitrogens with zero attached hydrogens (tertiary/aromatic N) is 3. The van der Waals surface area contributed by atoms with Crippen molar-refractivity contribution in [2.45, 2.75) is 32.1 Å². The SMILES string of the molecule is O=C(O)CCN(c1cnc(NC(=O)N(CC2CCCC2)c2ccc(F)c(F)c2)s1)S(=O)O. The minimum absolute atomic E-state index is 0.106. The Morgan fingerprint density at radius 3 is 2.59 bits per heavy atom. The van der Waals surface area contributed by atoms with Crippen LogP contribution in [0.5, 0.6) is 0 Å². The number of hydrogen-bond donors (Lipinski definition) is 3. The van der Waals surface area contributed by atoms with Gasteiger partial charge in [-0.1, -0.05) is 24.2 Å². The zero-order valence-corrected chi connectivity index (χ0v) is 18.5. The number of carboxylic acids is 1. The minimum Gasteiger partial charge on any atom is -0.481 e. The van der Waals surface area contributed by atoms with E-state index < -0.39 is 34.9 Å². The molecule has 2 aromatic rings. The smallest absolute Gasteiger partial charge is 0.328 e. The lowest BCUT2D eigenvalue weighted by Crippen LogP contribution is -2.38. The highest BCUT2D eigenvalue weighted by atomic mass is 32.2. The van der Waals surface area contributed by atoms with E-state index in [4.69, 9.17) is 5.11 Å². The molecule has 32 heavy (non-hydrogen) atoms. The van der Waals surface area contributed by atoms with Gasteiger partial charge in [0.15, 0.2) is 16.8 Å². The van der Waals surface area contributed by atoms with Gasteiger partial charge in [0.2, 0.25) is 0 Å². The van der Waals surface area contributed by atoms with Crippen LogP contribution in [0.15, 0.2) is 24.4 Å². The number of aromatic nitrogens is 1. The van der Waals surface area contributed by atoms with Crippen LogP contribution in [-0.4, -0.2) is 43.9 Å². The molecule has 1 aromatic heterocycles. The molecule has 174 valence electrons. The van der Waals surface area contributed by atoms with Gasteiger partial charge >= 0.3 is 12.0 Å². The van der Waals surface area contributed by atoms with Crippen molar-refractivity contribution in [2.24, 2.45) is 5.92 Å². The Hall–Kier alpha value is -2.64. The fraction of sp³-hybridized carbons (Fsp3) is 0.421. The number of carbonyl (C=O) groups is 2. The molecule has 0 radical (unpaired) electrons. The lowest BCUT2D eigenvalue weighted by atomic mass is 10.1. The summed E-state index contributed by atoms with van der Waals surface area (Å²) in [7, 11) is 0. The molecule has 1 aromatic carbocycles. The first kappa shape index (κ1) is 24.0. The molecule has 1 aliphatic carbocycles. The standard InChI is InChI=1S/C19H22F2N4O5S2/c20-14-6-5-13(9-15(14)21)24(11-12-3-1-2-4-12)19(28)23-18-22-10-16(31-18)25(32(29)30)8-7-17(26)27/h5-6,9-10,12H,1-4,7-8,11H2,(H,26,27)(H,29,30)(H,22,23,28). The normalized spacial score (nSPS) is 14.8. The van der Waals surface area contributed by atoms with Crippen LogP contribution in [0.25, 0.3) is 0 Å². The van der Waals surface area contributed by atoms with E-state index in [9.17, 15) is 27.1 Å². The third kappa shape index (κ3) is 6.20. The fourth-order valence-corrected chi connectivity index (χ4v) is 4.96. The van der Waals surface area contributed by atoms with Gasteiger partial charge < -0.3 is 5.11 Å². The highest BCUT2D eigenvalue weighted by Gasteiger charge is 2.25. The second kappa shape index (κ2) is 10.8. The first-order valence-corrected chi connectivity index (χ1v) is 11.7. The van der Waals surface area contributed by atoms with Gasteiger partial charge in [-0.25, -0.2) is 22.8 Å². The average Bonchev–Trinajstić information content (AvgIpc) is 3.40. The second-order valence-corrected chi connectivity index (χ2v) is 9.18. The average molecular weight is 489 g/mol. The summed E-state index contributed by atoms with van der Waals surface area (Å²) in [6.07, 6.45) is 4.81. The maximum Gasteiger partial charge on any atom is 0.328 e. The summed E-state index contributed by atoms with van der Waals surface area (Å²) in [5, 5.41) is 11.7. The molecule has 1 fully saturated rings. The number of anilines is 3. The molecule has 1 unspecified atom stereocenters. The largest absolute Gasteiger partial charge is 0.481 e. The third-order valence-corrected chi connectivity index (χ3v) is 6.85. The van der Waals surface area contributed by atoms with Crippen LogP contribution in [0.1, 0.15) is 32.1 Å². The van der Waals surface area contributed by atoms with E-state index in [2.05, 4.69) is 10.3 Å². The molecule has 0 saturated heterocycles. The number of carboxylic acid groups (broad SMARTS) is 1. The van der Waals surface area contributed by atoms with Crippen LogP contribution in [0.2, 0.25) is 0 Å². The van der Waals surface area contributed by atoms with Crippen molar-refractivity contribution in [2.75, 3.05) is 27.6 Å². The minimum atomic E-state index is -2.48. The Balaban J connectivity index is 1.77. The fourth-order valence-electron chi connectivity index (χ4n) is 3.47. The summed E-state index contributed by atoms with van der Waals surface area (Å²) in [4.78, 5) is 29.1. The van der Waals surface area contributed by atoms with Gasteiger partial charge in [-0.05, 0) is 30.9 Å². The van der Waals surface area contributed by atoms with E-state index in [1.807, 2.05) is 0 Å². The molecule has 1 atom stereocenters. The zero-order chi connectivity index (χ0) is 23.3. The van der Waals surface area contributed by atoms with Gasteiger partial charge in [-0.15, -0.1) is 0 Å². The number of aliphatic carboxylic acids is 1. The summed E-state index contributed by atoms with van der Waals surface area (Å²) in [5.41, 5.74) is 0.199. The summed E-state index contributed by atoms with van der Waals surface area (Å²) in [6.45, 7) is 0.0945. The highest BCUT2D eigenvalue weighted by molar-refractivity contribution is 7.81. The van der Waals surface area contributed by atoms with Gasteiger partial charge in [0.05, 0.1) is 12.6 Å². The monoisotopic (exact) mass is 488 g/mol. The van der Waals surface area contributed by atoms with Gasteiger partial charge in [-0.2, -0.15) is 0 Å². The Labute approximate surface area is 189 Å². The number of benzene rings is 1. The van der Waals surface area contributed by atoms with Crippen LogP contribution < -0.4 is 14.5 Å². The molecule has 0 aliphatic heterocycles. The van der Waals surface area contributed by atoms with Crippen LogP contribution in [0.3, 0.4) is 0 Å². The van der Waals surface area contributed by atoms with Gasteiger partial charge in [0, 0.05) is 24.8 Å². The number of carbonyl (C=O) groups excluding carboxylic acids is 1. The zero-order valence-electron chi connectivity index (χ0n) is 16.9. The molecule has 0 bridgehead atoms. The number of urea groups is 1. The topological polar surface area (TPSA) is 123 Å². The molecule has 1 saturated carbocycles. The lowest BCUT2D eigenvalue weighted by Gasteiger charge is -2.25. The van der Waals surface area contributed by atoms with Crippen LogP contribution in [0.4, 0.5) is 29.4 Å². The van der Waals surface area contributed by atoms with E-state index in [0.29, 0.717) is 6.54 Å². The number of thiazole rings is 1. The third-order valence-electron chi connectivity index (χ3n) is 5.05. The molecule has 3 N–H and O–H groups in total. The van der Waals surface area contributed by atoms with E-state index in [-0.39, 0.29) is 34.7 Å². The predicted octanol–water partition coefficient (Wildman–Crippen LogP) is 4.07. The first-order chi connectivity index (χ1) is 15.2. The summed E-state index contributed by atoms with van der Waals surface area (Å²) in [5.74, 6) is -2.99. The number of hydrogen-bond acceptors (Lipinski definition) is 5. The van der Waals surface area contributed by atoms with Crippen molar-refractivity contribution in [3.63, 3.8) is 0 Å². The molecule has 9 nitrogen and oxygen atoms in total. The molecule has 0 spiro atoms. The van der Waals surface area contributed by atoms with Crippen molar-refractivity contribution in [3.05, 3.63) is 36.0 Å². The maximum atomic E-state index is 13.8. The Morgan fingerprint density at radius 2 is 1.97 bits per heavy atom. The molecular formula is C19H22F2N4O5S2. The van der Waals surface area contributed by atoms with Gasteiger partial charge in [0.25, 0.3) is 11.3 Å². The van der Waals surface area contributed by atoms with Crippen LogP contribution in [0, 0.1) is 17.6 Å². The quantitative estimate of drug-likeness (QED) is 0.457. The van der Waals surface area contributed by atoms with Crippen molar-refractivity contribution < 1.29 is 32.2 Å². The van der Waals surface area contributed by atoms with E-state index in [0.717, 1.165) is 53.5 Å². The van der Waals surface area contributed by atoms with Gasteiger partial charge in [-0.3, -0.25) is 23.9 Å².